The van der Waals surface area contributed by atoms with E-state index in [1.54, 1.807) is 23.1 Å². The van der Waals surface area contributed by atoms with Crippen molar-refractivity contribution in [2.24, 2.45) is 5.92 Å². The van der Waals surface area contributed by atoms with Crippen molar-refractivity contribution in [3.05, 3.63) is 58.6 Å². The molecule has 10 heteroatoms. The summed E-state index contributed by atoms with van der Waals surface area (Å²) in [5.74, 6) is 0.230. The van der Waals surface area contributed by atoms with Gasteiger partial charge in [0, 0.05) is 30.0 Å². The summed E-state index contributed by atoms with van der Waals surface area (Å²) < 4.78 is 9.73. The lowest BCUT2D eigenvalue weighted by molar-refractivity contribution is 0.0944. The molecule has 164 valence electrons. The van der Waals surface area contributed by atoms with Crippen molar-refractivity contribution >= 4 is 33.4 Å². The van der Waals surface area contributed by atoms with Crippen molar-refractivity contribution in [1.29, 1.82) is 0 Å². The van der Waals surface area contributed by atoms with Crippen LogP contribution in [0.15, 0.2) is 47.2 Å². The lowest BCUT2D eigenvalue weighted by Crippen LogP contribution is -2.28. The molecule has 0 saturated heterocycles. The summed E-state index contributed by atoms with van der Waals surface area (Å²) in [6.45, 7) is 7.16. The van der Waals surface area contributed by atoms with Gasteiger partial charge in [-0.1, -0.05) is 29.8 Å². The SMILES string of the molecule is CCn1cc(NC(=O)c2ccn(COc3ccc(Br)cc3)n2)c(C(=O)NCC(C)C)n1. The van der Waals surface area contributed by atoms with Crippen LogP contribution in [-0.2, 0) is 13.3 Å². The number of benzene rings is 1. The molecule has 0 atom stereocenters. The molecule has 9 nitrogen and oxygen atoms in total. The smallest absolute Gasteiger partial charge is 0.276 e. The van der Waals surface area contributed by atoms with Gasteiger partial charge in [0.15, 0.2) is 18.1 Å². The lowest BCUT2D eigenvalue weighted by atomic mass is 10.2. The molecule has 0 bridgehead atoms. The average molecular weight is 489 g/mol. The first-order valence-corrected chi connectivity index (χ1v) is 10.7. The minimum Gasteiger partial charge on any atom is -0.471 e. The van der Waals surface area contributed by atoms with Gasteiger partial charge >= 0.3 is 0 Å². The second-order valence-electron chi connectivity index (χ2n) is 7.27. The van der Waals surface area contributed by atoms with E-state index >= 15 is 0 Å². The fourth-order valence-electron chi connectivity index (χ4n) is 2.64. The van der Waals surface area contributed by atoms with Crippen molar-refractivity contribution in [1.82, 2.24) is 24.9 Å². The summed E-state index contributed by atoms with van der Waals surface area (Å²) >= 11 is 3.37. The number of hydrogen-bond donors (Lipinski definition) is 2. The summed E-state index contributed by atoms with van der Waals surface area (Å²) in [5, 5.41) is 14.1. The van der Waals surface area contributed by atoms with Gasteiger partial charge < -0.3 is 15.4 Å². The van der Waals surface area contributed by atoms with Gasteiger partial charge in [0.25, 0.3) is 11.8 Å². The van der Waals surface area contributed by atoms with Gasteiger partial charge in [-0.25, -0.2) is 4.68 Å². The van der Waals surface area contributed by atoms with E-state index in [1.165, 1.54) is 4.68 Å². The van der Waals surface area contributed by atoms with Gasteiger partial charge in [-0.15, -0.1) is 0 Å². The predicted molar refractivity (Wildman–Crippen MR) is 120 cm³/mol. The molecule has 0 saturated carbocycles. The lowest BCUT2D eigenvalue weighted by Gasteiger charge is -2.08. The fourth-order valence-corrected chi connectivity index (χ4v) is 2.90. The van der Waals surface area contributed by atoms with E-state index in [0.29, 0.717) is 30.4 Å². The largest absolute Gasteiger partial charge is 0.471 e. The Hall–Kier alpha value is -3.14. The summed E-state index contributed by atoms with van der Waals surface area (Å²) in [6.07, 6.45) is 3.29. The topological polar surface area (TPSA) is 103 Å². The van der Waals surface area contributed by atoms with Crippen molar-refractivity contribution in [3.8, 4) is 5.75 Å². The highest BCUT2D eigenvalue weighted by molar-refractivity contribution is 9.10. The maximum atomic E-state index is 12.7. The van der Waals surface area contributed by atoms with Crippen molar-refractivity contribution in [3.63, 3.8) is 0 Å². The first kappa shape index (κ1) is 22.5. The Morgan fingerprint density at radius 1 is 1.10 bits per heavy atom. The Morgan fingerprint density at radius 3 is 2.52 bits per heavy atom. The predicted octanol–water partition coefficient (Wildman–Crippen LogP) is 3.54. The van der Waals surface area contributed by atoms with Gasteiger partial charge in [0.05, 0.1) is 5.69 Å². The van der Waals surface area contributed by atoms with E-state index in [4.69, 9.17) is 4.74 Å². The third-order valence-electron chi connectivity index (χ3n) is 4.27. The molecule has 2 N–H and O–H groups in total. The van der Waals surface area contributed by atoms with Crippen LogP contribution in [0.3, 0.4) is 0 Å². The Morgan fingerprint density at radius 2 is 1.84 bits per heavy atom. The van der Waals surface area contributed by atoms with E-state index in [9.17, 15) is 9.59 Å². The van der Waals surface area contributed by atoms with E-state index < -0.39 is 5.91 Å². The molecule has 0 spiro atoms. The first-order chi connectivity index (χ1) is 14.9. The normalized spacial score (nSPS) is 10.9. The third kappa shape index (κ3) is 6.17. The fraction of sp³-hybridized carbons (Fsp3) is 0.333. The van der Waals surface area contributed by atoms with E-state index in [-0.39, 0.29) is 24.0 Å². The van der Waals surface area contributed by atoms with Crippen LogP contribution in [-0.4, -0.2) is 37.9 Å². The zero-order valence-electron chi connectivity index (χ0n) is 17.6. The number of amides is 2. The molecule has 2 aromatic heterocycles. The first-order valence-electron chi connectivity index (χ1n) is 9.94. The second-order valence-corrected chi connectivity index (χ2v) is 8.19. The molecule has 3 aromatic rings. The molecule has 0 fully saturated rings. The molecule has 0 radical (unpaired) electrons. The molecule has 2 heterocycles. The van der Waals surface area contributed by atoms with Gasteiger partial charge in [-0.2, -0.15) is 10.2 Å². The van der Waals surface area contributed by atoms with Crippen molar-refractivity contribution in [2.75, 3.05) is 11.9 Å². The van der Waals surface area contributed by atoms with Crippen LogP contribution in [0.1, 0.15) is 41.7 Å². The third-order valence-corrected chi connectivity index (χ3v) is 4.80. The Labute approximate surface area is 188 Å². The number of rotatable bonds is 9. The monoisotopic (exact) mass is 488 g/mol. The number of halogens is 1. The quantitative estimate of drug-likeness (QED) is 0.479. The van der Waals surface area contributed by atoms with Crippen LogP contribution < -0.4 is 15.4 Å². The Kier molecular flexibility index (Phi) is 7.45. The standard InChI is InChI=1S/C21H25BrN6O3/c1-4-27-12-18(19(26-27)21(30)23-11-14(2)3)24-20(29)17-9-10-28(25-17)13-31-16-7-5-15(22)6-8-16/h5-10,12,14H,4,11,13H2,1-3H3,(H,23,30)(H,24,29). The highest BCUT2D eigenvalue weighted by Crippen LogP contribution is 2.17. The molecule has 0 aliphatic rings. The van der Waals surface area contributed by atoms with Gasteiger partial charge in [-0.3, -0.25) is 14.3 Å². The zero-order chi connectivity index (χ0) is 22.4. The van der Waals surface area contributed by atoms with E-state index in [0.717, 1.165) is 4.47 Å². The molecule has 1 aromatic carbocycles. The van der Waals surface area contributed by atoms with E-state index in [2.05, 4.69) is 36.8 Å². The van der Waals surface area contributed by atoms with Crippen LogP contribution in [0.2, 0.25) is 0 Å². The molecule has 0 aliphatic heterocycles. The maximum absolute atomic E-state index is 12.7. The summed E-state index contributed by atoms with van der Waals surface area (Å²) in [4.78, 5) is 25.2. The second kappa shape index (κ2) is 10.3. The number of nitrogens with one attached hydrogen (secondary N) is 2. The molecule has 0 aliphatic carbocycles. The van der Waals surface area contributed by atoms with Crippen molar-refractivity contribution < 1.29 is 14.3 Å². The Balaban J connectivity index is 1.65. The summed E-state index contributed by atoms with van der Waals surface area (Å²) in [7, 11) is 0. The van der Waals surface area contributed by atoms with Crippen LogP contribution in [0.4, 0.5) is 5.69 Å². The van der Waals surface area contributed by atoms with Gasteiger partial charge in [-0.05, 0) is 43.2 Å². The van der Waals surface area contributed by atoms with Crippen LogP contribution >= 0.6 is 15.9 Å². The summed E-state index contributed by atoms with van der Waals surface area (Å²) in [5.41, 5.74) is 0.722. The molecule has 0 unspecified atom stereocenters. The van der Waals surface area contributed by atoms with Crippen molar-refractivity contribution in [2.45, 2.75) is 34.0 Å². The number of nitrogens with zero attached hydrogens (tertiary/aromatic N) is 4. The number of carbonyl (C=O) groups excluding carboxylic acids is 2. The molecular formula is C21H25BrN6O3. The molecule has 31 heavy (non-hydrogen) atoms. The minimum atomic E-state index is -0.434. The van der Waals surface area contributed by atoms with Gasteiger partial charge in [0.2, 0.25) is 0 Å². The number of ether oxygens (including phenoxy) is 1. The van der Waals surface area contributed by atoms with Crippen LogP contribution in [0, 0.1) is 5.92 Å². The number of aromatic nitrogens is 4. The van der Waals surface area contributed by atoms with Crippen LogP contribution in [0.5, 0.6) is 5.75 Å². The molecule has 2 amide bonds. The highest BCUT2D eigenvalue weighted by atomic mass is 79.9. The van der Waals surface area contributed by atoms with Crippen LogP contribution in [0.25, 0.3) is 0 Å². The average Bonchev–Trinajstić information content (AvgIpc) is 3.38. The van der Waals surface area contributed by atoms with Gasteiger partial charge in [0.1, 0.15) is 5.75 Å². The number of anilines is 1. The number of hydrogen-bond acceptors (Lipinski definition) is 5. The van der Waals surface area contributed by atoms with E-state index in [1.807, 2.05) is 45.0 Å². The Bertz CT molecular complexity index is 1040. The molecular weight excluding hydrogens is 464 g/mol. The summed E-state index contributed by atoms with van der Waals surface area (Å²) in [6, 6.07) is 9.01. The number of aryl methyl sites for hydroxylation is 1. The minimum absolute atomic E-state index is 0.158. The zero-order valence-corrected chi connectivity index (χ0v) is 19.2. The number of carbonyl (C=O) groups is 2. The highest BCUT2D eigenvalue weighted by Gasteiger charge is 2.20. The molecule has 3 rings (SSSR count). The maximum Gasteiger partial charge on any atom is 0.276 e.